The Labute approximate surface area is 129 Å². The van der Waals surface area contributed by atoms with Gasteiger partial charge in [0.2, 0.25) is 5.88 Å². The van der Waals surface area contributed by atoms with E-state index in [2.05, 4.69) is 20.9 Å². The van der Waals surface area contributed by atoms with Crippen LogP contribution in [0.25, 0.3) is 0 Å². The van der Waals surface area contributed by atoms with E-state index < -0.39 is 11.8 Å². The van der Waals surface area contributed by atoms with Crippen molar-refractivity contribution in [1.82, 2.24) is 4.98 Å². The molecule has 0 amide bonds. The van der Waals surface area contributed by atoms with Gasteiger partial charge in [-0.3, -0.25) is 0 Å². The molecule has 0 saturated carbocycles. The molecule has 0 fully saturated rings. The van der Waals surface area contributed by atoms with Crippen molar-refractivity contribution in [2.45, 2.75) is 6.92 Å². The Morgan fingerprint density at radius 1 is 1.43 bits per heavy atom. The third-order valence-corrected chi connectivity index (χ3v) is 3.12. The number of carbonyl (C=O) groups is 1. The monoisotopic (exact) mass is 354 g/mol. The molecular formula is C14H12BrFN2O3. The molecule has 0 saturated heterocycles. The lowest BCUT2D eigenvalue weighted by Crippen LogP contribution is -2.08. The van der Waals surface area contributed by atoms with Crippen molar-refractivity contribution in [2.75, 3.05) is 12.3 Å². The average Bonchev–Trinajstić information content (AvgIpc) is 2.45. The van der Waals surface area contributed by atoms with Gasteiger partial charge in [0.1, 0.15) is 17.1 Å². The maximum absolute atomic E-state index is 13.5. The number of hydrogen-bond acceptors (Lipinski definition) is 5. The number of benzene rings is 1. The molecule has 0 aliphatic carbocycles. The van der Waals surface area contributed by atoms with Gasteiger partial charge in [-0.25, -0.2) is 14.2 Å². The zero-order valence-corrected chi connectivity index (χ0v) is 12.7. The summed E-state index contributed by atoms with van der Waals surface area (Å²) >= 11 is 3.05. The normalized spacial score (nSPS) is 10.2. The molecule has 1 heterocycles. The molecular weight excluding hydrogens is 343 g/mol. The first-order valence-corrected chi connectivity index (χ1v) is 6.86. The summed E-state index contributed by atoms with van der Waals surface area (Å²) in [5.41, 5.74) is 5.99. The van der Waals surface area contributed by atoms with E-state index in [-0.39, 0.29) is 23.8 Å². The van der Waals surface area contributed by atoms with E-state index in [4.69, 9.17) is 15.2 Å². The predicted octanol–water partition coefficient (Wildman–Crippen LogP) is 3.53. The SMILES string of the molecule is CCOC(=O)c1cc(N)cnc1Oc1ccc(Br)c(F)c1. The molecule has 5 nitrogen and oxygen atoms in total. The standard InChI is InChI=1S/C14H12BrFN2O3/c1-2-20-14(19)10-5-8(17)7-18-13(10)21-9-3-4-11(15)12(16)6-9/h3-7H,2,17H2,1H3. The molecule has 2 N–H and O–H groups in total. The molecule has 0 aliphatic heterocycles. The van der Waals surface area contributed by atoms with Crippen LogP contribution in [0.2, 0.25) is 0 Å². The average molecular weight is 355 g/mol. The Balaban J connectivity index is 2.34. The zero-order chi connectivity index (χ0) is 15.4. The third-order valence-electron chi connectivity index (χ3n) is 2.47. The quantitative estimate of drug-likeness (QED) is 0.850. The van der Waals surface area contributed by atoms with Crippen molar-refractivity contribution in [3.8, 4) is 11.6 Å². The van der Waals surface area contributed by atoms with E-state index in [0.717, 1.165) is 0 Å². The number of halogens is 2. The Hall–Kier alpha value is -2.15. The van der Waals surface area contributed by atoms with Crippen LogP contribution in [-0.2, 0) is 4.74 Å². The molecule has 0 spiro atoms. The maximum atomic E-state index is 13.5. The lowest BCUT2D eigenvalue weighted by molar-refractivity contribution is 0.0523. The van der Waals surface area contributed by atoms with Crippen molar-refractivity contribution in [2.24, 2.45) is 0 Å². The molecule has 0 unspecified atom stereocenters. The topological polar surface area (TPSA) is 74.4 Å². The number of nitrogens with zero attached hydrogens (tertiary/aromatic N) is 1. The number of esters is 1. The number of nitrogen functional groups attached to an aromatic ring is 1. The number of rotatable bonds is 4. The Kier molecular flexibility index (Phi) is 4.74. The zero-order valence-electron chi connectivity index (χ0n) is 11.1. The lowest BCUT2D eigenvalue weighted by Gasteiger charge is -2.10. The van der Waals surface area contributed by atoms with Crippen molar-refractivity contribution < 1.29 is 18.7 Å². The molecule has 1 aromatic heterocycles. The predicted molar refractivity (Wildman–Crippen MR) is 78.8 cm³/mol. The second kappa shape index (κ2) is 6.53. The number of aromatic nitrogens is 1. The molecule has 21 heavy (non-hydrogen) atoms. The van der Waals surface area contributed by atoms with Crippen LogP contribution in [0.1, 0.15) is 17.3 Å². The van der Waals surface area contributed by atoms with Crippen LogP contribution in [0.3, 0.4) is 0 Å². The van der Waals surface area contributed by atoms with Gasteiger partial charge in [0, 0.05) is 6.07 Å². The highest BCUT2D eigenvalue weighted by Crippen LogP contribution is 2.28. The third kappa shape index (κ3) is 3.69. The Bertz CT molecular complexity index is 679. The fourth-order valence-electron chi connectivity index (χ4n) is 1.56. The number of ether oxygens (including phenoxy) is 2. The van der Waals surface area contributed by atoms with Crippen LogP contribution < -0.4 is 10.5 Å². The molecule has 2 aromatic rings. The lowest BCUT2D eigenvalue weighted by atomic mass is 10.2. The molecule has 0 aliphatic rings. The summed E-state index contributed by atoms with van der Waals surface area (Å²) in [4.78, 5) is 15.8. The largest absolute Gasteiger partial charge is 0.462 e. The first-order valence-electron chi connectivity index (χ1n) is 6.06. The number of pyridine rings is 1. The first-order chi connectivity index (χ1) is 10.0. The summed E-state index contributed by atoms with van der Waals surface area (Å²) in [6.45, 7) is 1.89. The second-order valence-corrected chi connectivity index (χ2v) is 4.87. The fourth-order valence-corrected chi connectivity index (χ4v) is 1.80. The maximum Gasteiger partial charge on any atom is 0.343 e. The smallest absolute Gasteiger partial charge is 0.343 e. The van der Waals surface area contributed by atoms with Crippen LogP contribution in [-0.4, -0.2) is 17.6 Å². The van der Waals surface area contributed by atoms with E-state index in [1.54, 1.807) is 13.0 Å². The highest BCUT2D eigenvalue weighted by Gasteiger charge is 2.17. The van der Waals surface area contributed by atoms with E-state index >= 15 is 0 Å². The Morgan fingerprint density at radius 2 is 2.19 bits per heavy atom. The highest BCUT2D eigenvalue weighted by atomic mass is 79.9. The molecule has 0 radical (unpaired) electrons. The van der Waals surface area contributed by atoms with Gasteiger partial charge in [0.05, 0.1) is 23.0 Å². The van der Waals surface area contributed by atoms with Crippen LogP contribution in [0, 0.1) is 5.82 Å². The van der Waals surface area contributed by atoms with E-state index in [0.29, 0.717) is 10.2 Å². The molecule has 2 rings (SSSR count). The van der Waals surface area contributed by atoms with E-state index in [1.807, 2.05) is 0 Å². The molecule has 1 aromatic carbocycles. The van der Waals surface area contributed by atoms with E-state index in [1.165, 1.54) is 24.4 Å². The van der Waals surface area contributed by atoms with Gasteiger partial charge < -0.3 is 15.2 Å². The number of carbonyl (C=O) groups excluding carboxylic acids is 1. The molecule has 0 bridgehead atoms. The van der Waals surface area contributed by atoms with Crippen molar-refractivity contribution in [3.63, 3.8) is 0 Å². The first kappa shape index (κ1) is 15.2. The van der Waals surface area contributed by atoms with Gasteiger partial charge in [0.25, 0.3) is 0 Å². The summed E-state index contributed by atoms with van der Waals surface area (Å²) in [7, 11) is 0. The summed E-state index contributed by atoms with van der Waals surface area (Å²) in [5.74, 6) is -0.881. The molecule has 110 valence electrons. The fraction of sp³-hybridized carbons (Fsp3) is 0.143. The van der Waals surface area contributed by atoms with Gasteiger partial charge in [0.15, 0.2) is 0 Å². The van der Waals surface area contributed by atoms with Crippen molar-refractivity contribution in [3.05, 3.63) is 46.3 Å². The van der Waals surface area contributed by atoms with Gasteiger partial charge in [-0.15, -0.1) is 0 Å². The number of nitrogens with two attached hydrogens (primary N) is 1. The minimum absolute atomic E-state index is 0.00405. The number of anilines is 1. The van der Waals surface area contributed by atoms with Gasteiger partial charge in [-0.2, -0.15) is 0 Å². The van der Waals surface area contributed by atoms with E-state index in [9.17, 15) is 9.18 Å². The minimum atomic E-state index is -0.607. The minimum Gasteiger partial charge on any atom is -0.462 e. The number of hydrogen-bond donors (Lipinski definition) is 1. The summed E-state index contributed by atoms with van der Waals surface area (Å²) in [5, 5.41) is 0. The second-order valence-electron chi connectivity index (χ2n) is 4.02. The summed E-state index contributed by atoms with van der Waals surface area (Å²) in [6.07, 6.45) is 1.34. The van der Waals surface area contributed by atoms with Gasteiger partial charge in [-0.05, 0) is 41.1 Å². The van der Waals surface area contributed by atoms with Crippen molar-refractivity contribution in [1.29, 1.82) is 0 Å². The van der Waals surface area contributed by atoms with Crippen molar-refractivity contribution >= 4 is 27.6 Å². The van der Waals surface area contributed by atoms with Gasteiger partial charge in [-0.1, -0.05) is 0 Å². The van der Waals surface area contributed by atoms with Crippen LogP contribution in [0.5, 0.6) is 11.6 Å². The van der Waals surface area contributed by atoms with Crippen LogP contribution >= 0.6 is 15.9 Å². The molecule has 7 heteroatoms. The highest BCUT2D eigenvalue weighted by molar-refractivity contribution is 9.10. The van der Waals surface area contributed by atoms with Crippen LogP contribution in [0.15, 0.2) is 34.9 Å². The van der Waals surface area contributed by atoms with Crippen LogP contribution in [0.4, 0.5) is 10.1 Å². The van der Waals surface area contributed by atoms with Gasteiger partial charge >= 0.3 is 5.97 Å². The summed E-state index contributed by atoms with van der Waals surface area (Å²) < 4.78 is 24.1. The summed E-state index contributed by atoms with van der Waals surface area (Å²) in [6, 6.07) is 5.61. The molecule has 0 atom stereocenters. The Morgan fingerprint density at radius 3 is 2.86 bits per heavy atom.